The first kappa shape index (κ1) is 34.7. The second kappa shape index (κ2) is 14.9. The summed E-state index contributed by atoms with van der Waals surface area (Å²) >= 11 is 0. The third kappa shape index (κ3) is 6.30. The number of benzene rings is 1. The summed E-state index contributed by atoms with van der Waals surface area (Å²) in [6, 6.07) is 6.52. The maximum absolute atomic E-state index is 14.8. The molecule has 0 aromatic heterocycles. The fourth-order valence-electron chi connectivity index (χ4n) is 8.05. The van der Waals surface area contributed by atoms with E-state index in [1.807, 2.05) is 49.9 Å². The highest BCUT2D eigenvalue weighted by molar-refractivity contribution is 6.03. The van der Waals surface area contributed by atoms with Gasteiger partial charge < -0.3 is 29.3 Å². The van der Waals surface area contributed by atoms with Gasteiger partial charge >= 0.3 is 0 Å². The fourth-order valence-corrected chi connectivity index (χ4v) is 8.05. The quantitative estimate of drug-likeness (QED) is 0.180. The third-order valence-corrected chi connectivity index (χ3v) is 10.1. The Bertz CT molecular complexity index is 1220. The number of hydrogen-bond acceptors (Lipinski definition) is 6. The summed E-state index contributed by atoms with van der Waals surface area (Å²) < 4.78 is 12.6. The number of likely N-dealkylation sites (tertiary alicyclic amines) is 1. The number of amides is 3. The van der Waals surface area contributed by atoms with Crippen LogP contribution in [0.1, 0.15) is 79.1 Å². The van der Waals surface area contributed by atoms with Crippen LogP contribution >= 0.6 is 0 Å². The fraction of sp³-hybridized carbons (Fsp3) is 0.639. The first-order valence-corrected chi connectivity index (χ1v) is 16.9. The van der Waals surface area contributed by atoms with Gasteiger partial charge in [0, 0.05) is 38.0 Å². The van der Waals surface area contributed by atoms with Crippen LogP contribution in [0.5, 0.6) is 5.75 Å². The van der Waals surface area contributed by atoms with Crippen LogP contribution in [0.15, 0.2) is 49.6 Å². The molecule has 45 heavy (non-hydrogen) atoms. The number of anilines is 1. The van der Waals surface area contributed by atoms with E-state index >= 15 is 0 Å². The molecule has 1 N–H and O–H groups in total. The summed E-state index contributed by atoms with van der Waals surface area (Å²) in [5.41, 5.74) is -1.25. The molecule has 3 aliphatic rings. The van der Waals surface area contributed by atoms with Crippen LogP contribution in [-0.4, -0.2) is 88.8 Å². The molecule has 9 heteroatoms. The van der Waals surface area contributed by atoms with Crippen LogP contribution in [0.2, 0.25) is 0 Å². The lowest BCUT2D eigenvalue weighted by atomic mass is 9.64. The number of hydrogen-bond donors (Lipinski definition) is 1. The number of rotatable bonds is 18. The second-order valence-electron chi connectivity index (χ2n) is 12.7. The first-order valence-electron chi connectivity index (χ1n) is 16.9. The Morgan fingerprint density at radius 2 is 1.80 bits per heavy atom. The average Bonchev–Trinajstić information content (AvgIpc) is 3.64. The van der Waals surface area contributed by atoms with E-state index in [9.17, 15) is 19.5 Å². The monoisotopic (exact) mass is 623 g/mol. The molecule has 9 nitrogen and oxygen atoms in total. The minimum Gasteiger partial charge on any atom is -0.494 e. The SMILES string of the molecule is C=CCN(C(=O)[C@@H]1[C@H]2C(=O)N(CCCCCO)C(C(=O)N(CC=C)C(C)CCC)C23CC[C@@]1(CC)O3)c1ccc(OCC)cc1. The van der Waals surface area contributed by atoms with E-state index in [0.717, 1.165) is 19.3 Å². The van der Waals surface area contributed by atoms with E-state index in [4.69, 9.17) is 9.47 Å². The molecule has 4 rings (SSSR count). The predicted octanol–water partition coefficient (Wildman–Crippen LogP) is 5.12. The summed E-state index contributed by atoms with van der Waals surface area (Å²) in [4.78, 5) is 49.3. The largest absolute Gasteiger partial charge is 0.494 e. The van der Waals surface area contributed by atoms with Gasteiger partial charge in [-0.25, -0.2) is 0 Å². The molecule has 3 aliphatic heterocycles. The molecule has 1 aromatic carbocycles. The highest BCUT2D eigenvalue weighted by atomic mass is 16.5. The van der Waals surface area contributed by atoms with Crippen LogP contribution in [0.3, 0.4) is 0 Å². The molecule has 1 aromatic rings. The molecule has 3 unspecified atom stereocenters. The third-order valence-electron chi connectivity index (χ3n) is 10.1. The molecule has 0 aliphatic carbocycles. The molecule has 2 bridgehead atoms. The molecular formula is C36H53N3O6. The molecule has 248 valence electrons. The standard InChI is InChI=1S/C36H53N3O6/c1-7-15-26(6)37(22-8-2)34(43)31-36-21-20-35(10-4,45-36)29(30(36)33(42)39(31)24-13-12-14-25-40)32(41)38(23-9-3)27-16-18-28(19-17-27)44-11-5/h8-9,16-19,26,29-31,40H,2-3,7,10-15,20-25H2,1,4-6H3/t26?,29-,30-,31?,35+,36?/m0/s1. The maximum atomic E-state index is 14.8. The normalized spacial score (nSPS) is 27.3. The predicted molar refractivity (Wildman–Crippen MR) is 176 cm³/mol. The van der Waals surface area contributed by atoms with Gasteiger partial charge in [0.1, 0.15) is 17.4 Å². The second-order valence-corrected chi connectivity index (χ2v) is 12.7. The van der Waals surface area contributed by atoms with Gasteiger partial charge in [-0.1, -0.05) is 32.4 Å². The zero-order chi connectivity index (χ0) is 32.8. The molecular weight excluding hydrogens is 570 g/mol. The van der Waals surface area contributed by atoms with Crippen LogP contribution in [0.4, 0.5) is 5.69 Å². The molecule has 1 spiro atoms. The lowest BCUT2D eigenvalue weighted by Gasteiger charge is -2.39. The Morgan fingerprint density at radius 3 is 2.40 bits per heavy atom. The Balaban J connectivity index is 1.78. The van der Waals surface area contributed by atoms with E-state index in [1.54, 1.807) is 22.0 Å². The van der Waals surface area contributed by atoms with Gasteiger partial charge in [-0.05, 0) is 83.1 Å². The summed E-state index contributed by atoms with van der Waals surface area (Å²) in [6.07, 6.45) is 8.87. The van der Waals surface area contributed by atoms with Crippen LogP contribution in [-0.2, 0) is 19.1 Å². The molecule has 0 saturated carbocycles. The van der Waals surface area contributed by atoms with Crippen LogP contribution in [0.25, 0.3) is 0 Å². The zero-order valence-corrected chi connectivity index (χ0v) is 27.7. The van der Waals surface area contributed by atoms with Gasteiger partial charge in [-0.2, -0.15) is 0 Å². The number of fused-ring (bicyclic) bond motifs is 1. The lowest BCUT2D eigenvalue weighted by Crippen LogP contribution is -2.58. The first-order chi connectivity index (χ1) is 21.7. The highest BCUT2D eigenvalue weighted by Gasteiger charge is 2.79. The van der Waals surface area contributed by atoms with Gasteiger partial charge in [0.2, 0.25) is 17.7 Å². The molecule has 6 atom stereocenters. The van der Waals surface area contributed by atoms with E-state index in [0.29, 0.717) is 63.2 Å². The smallest absolute Gasteiger partial charge is 0.248 e. The van der Waals surface area contributed by atoms with Gasteiger partial charge in [-0.3, -0.25) is 14.4 Å². The van der Waals surface area contributed by atoms with Crippen molar-refractivity contribution in [2.45, 2.75) is 102 Å². The van der Waals surface area contributed by atoms with Gasteiger partial charge in [0.05, 0.1) is 24.0 Å². The van der Waals surface area contributed by atoms with Gasteiger partial charge in [-0.15, -0.1) is 13.2 Å². The number of unbranched alkanes of at least 4 members (excludes halogenated alkanes) is 2. The minimum absolute atomic E-state index is 0.0406. The Kier molecular flexibility index (Phi) is 11.5. The van der Waals surface area contributed by atoms with Crippen LogP contribution in [0, 0.1) is 11.8 Å². The number of aliphatic hydroxyl groups is 1. The number of carbonyl (C=O) groups is 3. The number of carbonyl (C=O) groups excluding carboxylic acids is 3. The molecule has 3 fully saturated rings. The Labute approximate surface area is 269 Å². The van der Waals surface area contributed by atoms with Gasteiger partial charge in [0.15, 0.2) is 0 Å². The van der Waals surface area contributed by atoms with Crippen molar-refractivity contribution in [2.75, 3.05) is 37.7 Å². The van der Waals surface area contributed by atoms with E-state index in [1.165, 1.54) is 0 Å². The van der Waals surface area contributed by atoms with Gasteiger partial charge in [0.25, 0.3) is 0 Å². The van der Waals surface area contributed by atoms with E-state index in [2.05, 4.69) is 20.1 Å². The Hall–Kier alpha value is -3.17. The van der Waals surface area contributed by atoms with Crippen molar-refractivity contribution >= 4 is 23.4 Å². The van der Waals surface area contributed by atoms with Crippen molar-refractivity contribution in [3.8, 4) is 5.75 Å². The van der Waals surface area contributed by atoms with E-state index < -0.39 is 29.1 Å². The number of nitrogens with zero attached hydrogens (tertiary/aromatic N) is 3. The van der Waals surface area contributed by atoms with Crippen LogP contribution < -0.4 is 9.64 Å². The topological polar surface area (TPSA) is 99.6 Å². The van der Waals surface area contributed by atoms with Crippen molar-refractivity contribution in [3.63, 3.8) is 0 Å². The maximum Gasteiger partial charge on any atom is 0.248 e. The van der Waals surface area contributed by atoms with Crippen molar-refractivity contribution in [3.05, 3.63) is 49.6 Å². The Morgan fingerprint density at radius 1 is 1.09 bits per heavy atom. The highest BCUT2D eigenvalue weighted by Crippen LogP contribution is 2.64. The average molecular weight is 624 g/mol. The summed E-state index contributed by atoms with van der Waals surface area (Å²) in [7, 11) is 0. The van der Waals surface area contributed by atoms with Crippen molar-refractivity contribution in [1.82, 2.24) is 9.80 Å². The zero-order valence-electron chi connectivity index (χ0n) is 27.7. The van der Waals surface area contributed by atoms with Crippen molar-refractivity contribution < 1.29 is 29.0 Å². The number of aliphatic hydroxyl groups excluding tert-OH is 1. The lowest BCUT2D eigenvalue weighted by molar-refractivity contribution is -0.154. The summed E-state index contributed by atoms with van der Waals surface area (Å²) in [5, 5.41) is 9.37. The molecule has 0 radical (unpaired) electrons. The minimum atomic E-state index is -1.09. The summed E-state index contributed by atoms with van der Waals surface area (Å²) in [6.45, 7) is 17.5. The summed E-state index contributed by atoms with van der Waals surface area (Å²) in [5.74, 6) is -1.30. The number of ether oxygens (including phenoxy) is 2. The molecule has 3 saturated heterocycles. The van der Waals surface area contributed by atoms with Crippen molar-refractivity contribution in [2.24, 2.45) is 11.8 Å². The van der Waals surface area contributed by atoms with Crippen molar-refractivity contribution in [1.29, 1.82) is 0 Å². The molecule has 3 heterocycles. The van der Waals surface area contributed by atoms with E-state index in [-0.39, 0.29) is 36.9 Å². The molecule has 3 amide bonds.